The van der Waals surface area contributed by atoms with Gasteiger partial charge in [0.1, 0.15) is 0 Å². The van der Waals surface area contributed by atoms with Crippen molar-refractivity contribution in [2.24, 2.45) is 0 Å². The molecule has 0 aliphatic heterocycles. The quantitative estimate of drug-likeness (QED) is 0.807. The van der Waals surface area contributed by atoms with Gasteiger partial charge >= 0.3 is 0 Å². The molecule has 0 saturated heterocycles. The van der Waals surface area contributed by atoms with Crippen molar-refractivity contribution in [3.05, 3.63) is 52.2 Å². The van der Waals surface area contributed by atoms with Crippen molar-refractivity contribution in [1.82, 2.24) is 19.7 Å². The number of hydrogen-bond acceptors (Lipinski definition) is 5. The maximum Gasteiger partial charge on any atom is 0.256 e. The van der Waals surface area contributed by atoms with Crippen LogP contribution in [0.25, 0.3) is 5.95 Å². The number of nitrogens with one attached hydrogen (secondary N) is 1. The summed E-state index contributed by atoms with van der Waals surface area (Å²) in [4.78, 5) is 20.4. The number of aryl methyl sites for hydroxylation is 2. The second-order valence-electron chi connectivity index (χ2n) is 4.58. The molecule has 6 nitrogen and oxygen atoms in total. The summed E-state index contributed by atoms with van der Waals surface area (Å²) in [5, 5.41) is 10.7. The fourth-order valence-electron chi connectivity index (χ4n) is 1.92. The van der Waals surface area contributed by atoms with E-state index in [9.17, 15) is 4.79 Å². The van der Waals surface area contributed by atoms with Crippen LogP contribution in [-0.2, 0) is 0 Å². The van der Waals surface area contributed by atoms with Crippen LogP contribution in [0.1, 0.15) is 21.7 Å². The van der Waals surface area contributed by atoms with Crippen LogP contribution in [0, 0.1) is 13.8 Å². The minimum absolute atomic E-state index is 0.168. The number of carbonyl (C=O) groups is 1. The highest BCUT2D eigenvalue weighted by Crippen LogP contribution is 2.12. The zero-order valence-corrected chi connectivity index (χ0v) is 12.4. The molecular formula is C14H13N5OS. The Bertz CT molecular complexity index is 761. The molecule has 0 saturated carbocycles. The van der Waals surface area contributed by atoms with E-state index in [1.165, 1.54) is 11.3 Å². The van der Waals surface area contributed by atoms with Crippen molar-refractivity contribution in [1.29, 1.82) is 0 Å². The van der Waals surface area contributed by atoms with E-state index >= 15 is 0 Å². The Morgan fingerprint density at radius 1 is 1.29 bits per heavy atom. The first-order valence-electron chi connectivity index (χ1n) is 6.33. The van der Waals surface area contributed by atoms with E-state index in [0.717, 1.165) is 11.4 Å². The Kier molecular flexibility index (Phi) is 3.49. The Hall–Kier alpha value is -2.54. The molecule has 3 heterocycles. The normalized spacial score (nSPS) is 10.6. The van der Waals surface area contributed by atoms with Gasteiger partial charge in [-0.2, -0.15) is 16.4 Å². The average Bonchev–Trinajstić information content (AvgIpc) is 3.09. The molecule has 21 heavy (non-hydrogen) atoms. The molecular weight excluding hydrogens is 286 g/mol. The van der Waals surface area contributed by atoms with Crippen LogP contribution in [-0.4, -0.2) is 25.7 Å². The van der Waals surface area contributed by atoms with Crippen LogP contribution < -0.4 is 5.32 Å². The van der Waals surface area contributed by atoms with Crippen LogP contribution in [0.3, 0.4) is 0 Å². The van der Waals surface area contributed by atoms with Crippen molar-refractivity contribution < 1.29 is 4.79 Å². The monoisotopic (exact) mass is 299 g/mol. The summed E-state index contributed by atoms with van der Waals surface area (Å²) < 4.78 is 1.67. The lowest BCUT2D eigenvalue weighted by Gasteiger charge is -2.05. The first-order chi connectivity index (χ1) is 10.1. The van der Waals surface area contributed by atoms with Gasteiger partial charge in [0, 0.05) is 11.1 Å². The van der Waals surface area contributed by atoms with Gasteiger partial charge in [0.2, 0.25) is 0 Å². The number of hydrogen-bond donors (Lipinski definition) is 1. The minimum atomic E-state index is -0.168. The molecule has 3 aromatic heterocycles. The number of nitrogens with zero attached hydrogens (tertiary/aromatic N) is 4. The third kappa shape index (κ3) is 2.82. The van der Waals surface area contributed by atoms with E-state index in [1.807, 2.05) is 25.3 Å². The summed E-state index contributed by atoms with van der Waals surface area (Å²) in [6.07, 6.45) is 3.14. The van der Waals surface area contributed by atoms with Gasteiger partial charge in [-0.15, -0.1) is 0 Å². The lowest BCUT2D eigenvalue weighted by molar-refractivity contribution is 0.102. The van der Waals surface area contributed by atoms with Crippen LogP contribution in [0.4, 0.5) is 5.69 Å². The zero-order valence-electron chi connectivity index (χ0n) is 11.6. The van der Waals surface area contributed by atoms with Crippen LogP contribution in [0.2, 0.25) is 0 Å². The molecule has 1 amide bonds. The predicted octanol–water partition coefficient (Wildman–Crippen LogP) is 2.59. The molecule has 0 aliphatic rings. The molecule has 0 spiro atoms. The Morgan fingerprint density at radius 2 is 2.05 bits per heavy atom. The van der Waals surface area contributed by atoms with E-state index < -0.39 is 0 Å². The van der Waals surface area contributed by atoms with E-state index in [4.69, 9.17) is 0 Å². The Morgan fingerprint density at radius 3 is 2.62 bits per heavy atom. The number of rotatable bonds is 3. The third-order valence-corrected chi connectivity index (χ3v) is 3.56. The molecule has 3 rings (SSSR count). The molecule has 0 atom stereocenters. The molecule has 0 bridgehead atoms. The van der Waals surface area contributed by atoms with Gasteiger partial charge in [-0.05, 0) is 31.4 Å². The summed E-state index contributed by atoms with van der Waals surface area (Å²) in [6.45, 7) is 3.86. The van der Waals surface area contributed by atoms with Crippen LogP contribution in [0.5, 0.6) is 0 Å². The van der Waals surface area contributed by atoms with Crippen LogP contribution >= 0.6 is 11.3 Å². The maximum atomic E-state index is 11.9. The number of aromatic nitrogens is 4. The highest BCUT2D eigenvalue weighted by atomic mass is 32.1. The smallest absolute Gasteiger partial charge is 0.256 e. The average molecular weight is 299 g/mol. The number of carbonyl (C=O) groups excluding carboxylic acids is 1. The third-order valence-electron chi connectivity index (χ3n) is 2.88. The fraction of sp³-hybridized carbons (Fsp3) is 0.143. The molecule has 0 aromatic carbocycles. The molecule has 7 heteroatoms. The van der Waals surface area contributed by atoms with Crippen molar-refractivity contribution >= 4 is 22.9 Å². The van der Waals surface area contributed by atoms with Gasteiger partial charge in [-0.3, -0.25) is 4.79 Å². The number of amides is 1. The standard InChI is InChI=1S/C14H13N5OS/c1-9-5-10(2)19(18-9)14-15-6-12(7-16-14)17-13(20)11-3-4-21-8-11/h3-8H,1-2H3,(H,17,20). The lowest BCUT2D eigenvalue weighted by atomic mass is 10.3. The molecule has 0 unspecified atom stereocenters. The van der Waals surface area contributed by atoms with Crippen molar-refractivity contribution in [2.45, 2.75) is 13.8 Å². The zero-order chi connectivity index (χ0) is 14.8. The number of anilines is 1. The molecule has 1 N–H and O–H groups in total. The molecule has 0 fully saturated rings. The second-order valence-corrected chi connectivity index (χ2v) is 5.36. The minimum Gasteiger partial charge on any atom is -0.319 e. The van der Waals surface area contributed by atoms with Gasteiger partial charge in [0.05, 0.1) is 29.3 Å². The second kappa shape index (κ2) is 5.45. The summed E-state index contributed by atoms with van der Waals surface area (Å²) >= 11 is 1.48. The molecule has 3 aromatic rings. The van der Waals surface area contributed by atoms with E-state index in [-0.39, 0.29) is 5.91 Å². The first kappa shape index (κ1) is 13.4. The van der Waals surface area contributed by atoms with Crippen molar-refractivity contribution in [3.8, 4) is 5.95 Å². The predicted molar refractivity (Wildman–Crippen MR) is 80.9 cm³/mol. The van der Waals surface area contributed by atoms with Crippen molar-refractivity contribution in [2.75, 3.05) is 5.32 Å². The highest BCUT2D eigenvalue weighted by Gasteiger charge is 2.09. The fourth-order valence-corrected chi connectivity index (χ4v) is 2.56. The number of thiophene rings is 1. The van der Waals surface area contributed by atoms with E-state index in [0.29, 0.717) is 17.2 Å². The summed E-state index contributed by atoms with van der Waals surface area (Å²) in [6, 6.07) is 3.72. The summed E-state index contributed by atoms with van der Waals surface area (Å²) in [7, 11) is 0. The largest absolute Gasteiger partial charge is 0.319 e. The topological polar surface area (TPSA) is 72.7 Å². The molecule has 0 radical (unpaired) electrons. The lowest BCUT2D eigenvalue weighted by Crippen LogP contribution is -2.12. The SMILES string of the molecule is Cc1cc(C)n(-c2ncc(NC(=O)c3ccsc3)cn2)n1. The molecule has 106 valence electrons. The Labute approximate surface area is 125 Å². The van der Waals surface area contributed by atoms with Gasteiger partial charge in [0.25, 0.3) is 11.9 Å². The van der Waals surface area contributed by atoms with Crippen LogP contribution in [0.15, 0.2) is 35.3 Å². The van der Waals surface area contributed by atoms with Gasteiger partial charge in [0.15, 0.2) is 0 Å². The summed E-state index contributed by atoms with van der Waals surface area (Å²) in [5.74, 6) is 0.313. The highest BCUT2D eigenvalue weighted by molar-refractivity contribution is 7.08. The maximum absolute atomic E-state index is 11.9. The van der Waals surface area contributed by atoms with Gasteiger partial charge in [-0.1, -0.05) is 0 Å². The van der Waals surface area contributed by atoms with E-state index in [2.05, 4.69) is 20.4 Å². The van der Waals surface area contributed by atoms with Gasteiger partial charge < -0.3 is 5.32 Å². The van der Waals surface area contributed by atoms with Gasteiger partial charge in [-0.25, -0.2) is 14.6 Å². The van der Waals surface area contributed by atoms with Crippen molar-refractivity contribution in [3.63, 3.8) is 0 Å². The Balaban J connectivity index is 1.78. The summed E-state index contributed by atoms with van der Waals surface area (Å²) in [5.41, 5.74) is 3.05. The first-order valence-corrected chi connectivity index (χ1v) is 7.27. The van der Waals surface area contributed by atoms with E-state index in [1.54, 1.807) is 28.5 Å². The molecule has 0 aliphatic carbocycles.